The number of amides is 2. The van der Waals surface area contributed by atoms with Crippen LogP contribution in [-0.4, -0.2) is 44.8 Å². The van der Waals surface area contributed by atoms with Crippen LogP contribution in [0.25, 0.3) is 0 Å². The van der Waals surface area contributed by atoms with Gasteiger partial charge in [-0.3, -0.25) is 13.9 Å². The normalized spacial score (nSPS) is 11.9. The van der Waals surface area contributed by atoms with Crippen LogP contribution in [-0.2, 0) is 32.6 Å². The monoisotopic (exact) mass is 687 g/mol. The summed E-state index contributed by atoms with van der Waals surface area (Å²) in [5.41, 5.74) is 1.81. The Labute approximate surface area is 264 Å². The average Bonchev–Trinajstić information content (AvgIpc) is 2.98. The van der Waals surface area contributed by atoms with Gasteiger partial charge in [-0.25, -0.2) is 8.42 Å². The van der Waals surface area contributed by atoms with Crippen molar-refractivity contribution in [1.82, 2.24) is 10.2 Å². The molecule has 4 rings (SSSR count). The van der Waals surface area contributed by atoms with Crippen molar-refractivity contribution < 1.29 is 18.0 Å². The van der Waals surface area contributed by atoms with Crippen LogP contribution in [0.1, 0.15) is 11.1 Å². The molecule has 218 valence electrons. The quantitative estimate of drug-likeness (QED) is 0.199. The SMILES string of the molecule is CNC(=O)C(Cc1ccccc1)N(Cc1cccc(Br)c1)C(=O)CN(c1cccc(Cl)c1)S(=O)(=O)c1ccc(Cl)cc1. The van der Waals surface area contributed by atoms with Gasteiger partial charge in [-0.1, -0.05) is 87.7 Å². The van der Waals surface area contributed by atoms with E-state index in [0.717, 1.165) is 19.9 Å². The second-order valence-electron chi connectivity index (χ2n) is 9.42. The van der Waals surface area contributed by atoms with Crippen LogP contribution in [0.15, 0.2) is 112 Å². The largest absolute Gasteiger partial charge is 0.357 e. The van der Waals surface area contributed by atoms with Gasteiger partial charge in [0, 0.05) is 34.5 Å². The molecule has 0 spiro atoms. The molecule has 0 aromatic heterocycles. The lowest BCUT2D eigenvalue weighted by Gasteiger charge is -2.33. The topological polar surface area (TPSA) is 86.8 Å². The second-order valence-corrected chi connectivity index (χ2v) is 13.1. The van der Waals surface area contributed by atoms with E-state index in [1.807, 2.05) is 54.6 Å². The zero-order chi connectivity index (χ0) is 30.3. The fraction of sp³-hybridized carbons (Fsp3) is 0.161. The summed E-state index contributed by atoms with van der Waals surface area (Å²) in [6, 6.07) is 27.7. The van der Waals surface area contributed by atoms with Crippen molar-refractivity contribution in [3.63, 3.8) is 0 Å². The molecule has 1 unspecified atom stereocenters. The van der Waals surface area contributed by atoms with Gasteiger partial charge >= 0.3 is 0 Å². The number of carbonyl (C=O) groups is 2. The third kappa shape index (κ3) is 7.92. The van der Waals surface area contributed by atoms with E-state index >= 15 is 0 Å². The number of nitrogens with one attached hydrogen (secondary N) is 1. The van der Waals surface area contributed by atoms with Gasteiger partial charge in [0.15, 0.2) is 0 Å². The molecule has 0 fully saturated rings. The van der Waals surface area contributed by atoms with Crippen molar-refractivity contribution in [1.29, 1.82) is 0 Å². The van der Waals surface area contributed by atoms with Crippen LogP contribution in [0.5, 0.6) is 0 Å². The van der Waals surface area contributed by atoms with Crippen molar-refractivity contribution in [2.24, 2.45) is 0 Å². The van der Waals surface area contributed by atoms with Gasteiger partial charge in [0.25, 0.3) is 10.0 Å². The van der Waals surface area contributed by atoms with Crippen molar-refractivity contribution in [2.75, 3.05) is 17.9 Å². The van der Waals surface area contributed by atoms with Gasteiger partial charge < -0.3 is 10.2 Å². The Hall–Kier alpha value is -3.37. The van der Waals surface area contributed by atoms with Crippen LogP contribution in [0, 0.1) is 0 Å². The highest BCUT2D eigenvalue weighted by atomic mass is 79.9. The lowest BCUT2D eigenvalue weighted by Crippen LogP contribution is -2.53. The molecular weight excluding hydrogens is 661 g/mol. The Bertz CT molecular complexity index is 1650. The Morgan fingerprint density at radius 1 is 0.833 bits per heavy atom. The van der Waals surface area contributed by atoms with Crippen molar-refractivity contribution >= 4 is 66.7 Å². The van der Waals surface area contributed by atoms with Crippen molar-refractivity contribution in [3.05, 3.63) is 129 Å². The Morgan fingerprint density at radius 3 is 2.14 bits per heavy atom. The highest BCUT2D eigenvalue weighted by molar-refractivity contribution is 9.10. The van der Waals surface area contributed by atoms with Crippen LogP contribution in [0.3, 0.4) is 0 Å². The van der Waals surface area contributed by atoms with E-state index in [2.05, 4.69) is 21.2 Å². The number of benzene rings is 4. The maximum atomic E-state index is 14.3. The zero-order valence-electron chi connectivity index (χ0n) is 22.6. The van der Waals surface area contributed by atoms with Crippen molar-refractivity contribution in [2.45, 2.75) is 23.9 Å². The summed E-state index contributed by atoms with van der Waals surface area (Å²) in [7, 11) is -2.74. The molecule has 1 atom stereocenters. The molecule has 0 saturated heterocycles. The van der Waals surface area contributed by atoms with Gasteiger partial charge in [-0.2, -0.15) is 0 Å². The number of sulfonamides is 1. The van der Waals surface area contributed by atoms with E-state index in [1.165, 1.54) is 42.3 Å². The van der Waals surface area contributed by atoms with Crippen LogP contribution in [0.4, 0.5) is 5.69 Å². The summed E-state index contributed by atoms with van der Waals surface area (Å²) >= 11 is 15.7. The van der Waals surface area contributed by atoms with Crippen LogP contribution >= 0.6 is 39.1 Å². The molecule has 0 aliphatic rings. The first-order valence-corrected chi connectivity index (χ1v) is 15.9. The number of hydrogen-bond donors (Lipinski definition) is 1. The fourth-order valence-electron chi connectivity index (χ4n) is 4.45. The summed E-state index contributed by atoms with van der Waals surface area (Å²) in [5, 5.41) is 3.34. The summed E-state index contributed by atoms with van der Waals surface area (Å²) in [5.74, 6) is -0.950. The minimum Gasteiger partial charge on any atom is -0.357 e. The molecule has 2 amide bonds. The number of likely N-dealkylation sites (N-methyl/N-ethyl adjacent to an activating group) is 1. The number of halogens is 3. The molecule has 7 nitrogen and oxygen atoms in total. The molecule has 0 aliphatic heterocycles. The minimum atomic E-state index is -4.25. The summed E-state index contributed by atoms with van der Waals surface area (Å²) in [4.78, 5) is 28.9. The van der Waals surface area contributed by atoms with Gasteiger partial charge in [-0.15, -0.1) is 0 Å². The molecule has 11 heteroatoms. The fourth-order valence-corrected chi connectivity index (χ4v) is 6.61. The third-order valence-electron chi connectivity index (χ3n) is 6.54. The smallest absolute Gasteiger partial charge is 0.264 e. The van der Waals surface area contributed by atoms with E-state index < -0.39 is 28.5 Å². The maximum absolute atomic E-state index is 14.3. The second kappa shape index (κ2) is 14.2. The Balaban J connectivity index is 1.79. The van der Waals surface area contributed by atoms with E-state index in [0.29, 0.717) is 10.0 Å². The van der Waals surface area contributed by atoms with Gasteiger partial charge in [0.05, 0.1) is 10.6 Å². The number of rotatable bonds is 11. The molecule has 1 N–H and O–H groups in total. The predicted octanol–water partition coefficient (Wildman–Crippen LogP) is 6.34. The molecule has 4 aromatic carbocycles. The number of anilines is 1. The molecule has 0 saturated carbocycles. The van der Waals surface area contributed by atoms with Crippen molar-refractivity contribution in [3.8, 4) is 0 Å². The predicted molar refractivity (Wildman–Crippen MR) is 170 cm³/mol. The highest BCUT2D eigenvalue weighted by Gasteiger charge is 2.34. The van der Waals surface area contributed by atoms with Gasteiger partial charge in [0.2, 0.25) is 11.8 Å². The third-order valence-corrected chi connectivity index (χ3v) is 9.30. The molecule has 4 aromatic rings. The van der Waals surface area contributed by atoms with Crippen LogP contribution < -0.4 is 9.62 Å². The molecule has 0 heterocycles. The number of carbonyl (C=O) groups excluding carboxylic acids is 2. The molecule has 0 bridgehead atoms. The van der Waals surface area contributed by atoms with E-state index in [9.17, 15) is 18.0 Å². The first kappa shape index (κ1) is 31.6. The average molecular weight is 689 g/mol. The summed E-state index contributed by atoms with van der Waals surface area (Å²) < 4.78 is 29.7. The van der Waals surface area contributed by atoms with Crippen LogP contribution in [0.2, 0.25) is 10.0 Å². The van der Waals surface area contributed by atoms with Gasteiger partial charge in [-0.05, 0) is 65.7 Å². The van der Waals surface area contributed by atoms with E-state index in [4.69, 9.17) is 23.2 Å². The number of nitrogens with zero attached hydrogens (tertiary/aromatic N) is 2. The standard InChI is InChI=1S/C31H28BrCl2N3O4S/c1-35-31(39)29(18-22-7-3-2-4-8-22)36(20-23-9-5-10-24(32)17-23)30(38)21-37(27-12-6-11-26(34)19-27)42(40,41)28-15-13-25(33)14-16-28/h2-17,19,29H,18,20-21H2,1H3,(H,35,39). The lowest BCUT2D eigenvalue weighted by molar-refractivity contribution is -0.139. The number of hydrogen-bond acceptors (Lipinski definition) is 4. The minimum absolute atomic E-state index is 0.0506. The zero-order valence-corrected chi connectivity index (χ0v) is 26.5. The highest BCUT2D eigenvalue weighted by Crippen LogP contribution is 2.28. The lowest BCUT2D eigenvalue weighted by atomic mass is 10.0. The van der Waals surface area contributed by atoms with E-state index in [-0.39, 0.29) is 29.5 Å². The first-order valence-electron chi connectivity index (χ1n) is 12.9. The first-order chi connectivity index (χ1) is 20.1. The van der Waals surface area contributed by atoms with Gasteiger partial charge in [0.1, 0.15) is 12.6 Å². The maximum Gasteiger partial charge on any atom is 0.264 e. The molecule has 42 heavy (non-hydrogen) atoms. The van der Waals surface area contributed by atoms with E-state index in [1.54, 1.807) is 18.2 Å². The summed E-state index contributed by atoms with van der Waals surface area (Å²) in [6.07, 6.45) is 0.224. The molecule has 0 aliphatic carbocycles. The Morgan fingerprint density at radius 2 is 1.50 bits per heavy atom. The molecule has 0 radical (unpaired) electrons. The molecular formula is C31H28BrCl2N3O4S. The summed E-state index contributed by atoms with van der Waals surface area (Å²) in [6.45, 7) is -0.519. The Kier molecular flexibility index (Phi) is 10.7.